The molecule has 3 rings (SSSR count). The molecule has 234 valence electrons. The molecule has 0 saturated carbocycles. The van der Waals surface area contributed by atoms with Crippen LogP contribution in [0.4, 0.5) is 4.79 Å². The first-order chi connectivity index (χ1) is 20.6. The highest BCUT2D eigenvalue weighted by Gasteiger charge is 2.41. The maximum absolute atomic E-state index is 12.9. The molecule has 0 N–H and O–H groups in total. The molecule has 0 fully saturated rings. The summed E-state index contributed by atoms with van der Waals surface area (Å²) < 4.78 is 27.3. The summed E-state index contributed by atoms with van der Waals surface area (Å²) in [5, 5.41) is 0. The molecule has 8 heteroatoms. The van der Waals surface area contributed by atoms with E-state index in [1.807, 2.05) is 30.3 Å². The van der Waals surface area contributed by atoms with E-state index in [1.54, 1.807) is 0 Å². The predicted molar refractivity (Wildman–Crippen MR) is 172 cm³/mol. The van der Waals surface area contributed by atoms with Gasteiger partial charge in [-0.05, 0) is 25.0 Å². The number of rotatable bonds is 21. The Morgan fingerprint density at radius 3 is 2.17 bits per heavy atom. The topological polar surface area (TPSA) is 70.5 Å². The van der Waals surface area contributed by atoms with Crippen molar-refractivity contribution in [3.05, 3.63) is 47.7 Å². The summed E-state index contributed by atoms with van der Waals surface area (Å²) in [4.78, 5) is 12.9. The van der Waals surface area contributed by atoms with E-state index >= 15 is 0 Å². The van der Waals surface area contributed by atoms with Gasteiger partial charge < -0.3 is 14.2 Å². The van der Waals surface area contributed by atoms with Crippen LogP contribution in [0.15, 0.2) is 36.4 Å². The van der Waals surface area contributed by atoms with E-state index in [1.165, 1.54) is 75.9 Å². The van der Waals surface area contributed by atoms with Crippen LogP contribution in [0.1, 0.15) is 128 Å². The van der Waals surface area contributed by atoms with Crippen molar-refractivity contribution < 1.29 is 23.5 Å². The molecule has 1 aliphatic rings. The van der Waals surface area contributed by atoms with Gasteiger partial charge in [-0.25, -0.2) is 4.79 Å². The number of benzene rings is 1. The summed E-state index contributed by atoms with van der Waals surface area (Å²) in [7, 11) is 2.14. The lowest BCUT2D eigenvalue weighted by atomic mass is 10.0. The average Bonchev–Trinajstić information content (AvgIpc) is 3.47. The first kappa shape index (κ1) is 34.0. The second-order valence-corrected chi connectivity index (χ2v) is 12.4. The van der Waals surface area contributed by atoms with Crippen molar-refractivity contribution in [2.45, 2.75) is 116 Å². The van der Waals surface area contributed by atoms with Gasteiger partial charge in [0.2, 0.25) is 0 Å². The lowest BCUT2D eigenvalue weighted by Gasteiger charge is -2.42. The number of carbonyl (C=O) groups excluding carboxylic acids is 1. The maximum Gasteiger partial charge on any atom is 0.513 e. The third kappa shape index (κ3) is 11.7. The van der Waals surface area contributed by atoms with Gasteiger partial charge in [0.25, 0.3) is 12.1 Å². The van der Waals surface area contributed by atoms with Crippen LogP contribution in [0.3, 0.4) is 0 Å². The second kappa shape index (κ2) is 19.7. The summed E-state index contributed by atoms with van der Waals surface area (Å²) in [5.41, 5.74) is 2.86. The van der Waals surface area contributed by atoms with E-state index in [2.05, 4.69) is 35.7 Å². The van der Waals surface area contributed by atoms with Crippen molar-refractivity contribution >= 4 is 23.5 Å². The van der Waals surface area contributed by atoms with E-state index in [4.69, 9.17) is 14.2 Å². The van der Waals surface area contributed by atoms with Crippen LogP contribution in [-0.2, 0) is 9.47 Å². The minimum Gasteiger partial charge on any atom is -0.475 e. The molecule has 0 radical (unpaired) electrons. The lowest BCUT2D eigenvalue weighted by Crippen LogP contribution is -2.51. The smallest absolute Gasteiger partial charge is 0.475 e. The van der Waals surface area contributed by atoms with E-state index < -0.39 is 12.4 Å². The summed E-state index contributed by atoms with van der Waals surface area (Å²) in [5.74, 6) is 0.615. The zero-order valence-electron chi connectivity index (χ0n) is 26.4. The number of aromatic nitrogens is 2. The highest BCUT2D eigenvalue weighted by molar-refractivity contribution is 6.99. The fourth-order valence-electron chi connectivity index (χ4n) is 5.65. The molecule has 1 aromatic heterocycles. The highest BCUT2D eigenvalue weighted by Crippen LogP contribution is 2.37. The predicted octanol–water partition coefficient (Wildman–Crippen LogP) is 9.50. The van der Waals surface area contributed by atoms with Crippen molar-refractivity contribution in [3.8, 4) is 5.88 Å². The number of hydrogen-bond donors (Lipinski definition) is 0. The Morgan fingerprint density at radius 1 is 0.857 bits per heavy atom. The molecule has 0 saturated heterocycles. The minimum absolute atomic E-state index is 0.398. The summed E-state index contributed by atoms with van der Waals surface area (Å²) in [6.45, 7) is 7.00. The highest BCUT2D eigenvalue weighted by atomic mass is 32.1. The van der Waals surface area contributed by atoms with Gasteiger partial charge in [0.15, 0.2) is 0 Å². The minimum atomic E-state index is -0.596. The third-order valence-corrected chi connectivity index (χ3v) is 8.65. The molecular formula is C34H54N3O4S+. The van der Waals surface area contributed by atoms with Crippen molar-refractivity contribution in [1.29, 1.82) is 0 Å². The van der Waals surface area contributed by atoms with Gasteiger partial charge in [-0.3, -0.25) is 4.48 Å². The quantitative estimate of drug-likeness (QED) is 0.0807. The number of carbonyl (C=O) groups is 1. The Labute approximate surface area is 258 Å². The Hall–Kier alpha value is -2.45. The van der Waals surface area contributed by atoms with Crippen molar-refractivity contribution in [2.75, 3.05) is 33.4 Å². The molecule has 1 aromatic carbocycles. The standard InChI is InChI=1S/C34H54N3O4S/c1-4-6-8-10-11-12-13-14-15-20-27-40-34(38)41-33(29-22-17-16-18-23-29)37(3)25-21-24-30(28-37)31-32(36-42-35-31)39-26-19-9-7-5-2/h16-18,22-24,33H,4-15,19-21,25-28H2,1-3H3/q+1. The normalized spacial score (nSPS) is 17.5. The van der Waals surface area contributed by atoms with Crippen molar-refractivity contribution in [3.63, 3.8) is 0 Å². The summed E-state index contributed by atoms with van der Waals surface area (Å²) in [6, 6.07) is 10.0. The van der Waals surface area contributed by atoms with Crippen LogP contribution in [0, 0.1) is 0 Å². The molecule has 42 heavy (non-hydrogen) atoms. The molecule has 0 amide bonds. The monoisotopic (exact) mass is 600 g/mol. The maximum atomic E-state index is 12.9. The Kier molecular flexibility index (Phi) is 16.0. The van der Waals surface area contributed by atoms with Crippen LogP contribution in [0.2, 0.25) is 0 Å². The van der Waals surface area contributed by atoms with E-state index in [0.29, 0.717) is 30.1 Å². The molecule has 1 aliphatic heterocycles. The fourth-order valence-corrected chi connectivity index (χ4v) is 6.18. The average molecular weight is 601 g/mol. The van der Waals surface area contributed by atoms with Gasteiger partial charge in [-0.2, -0.15) is 4.37 Å². The van der Waals surface area contributed by atoms with Gasteiger partial charge >= 0.3 is 6.16 Å². The number of hydrogen-bond acceptors (Lipinski definition) is 7. The molecule has 0 bridgehead atoms. The van der Waals surface area contributed by atoms with Gasteiger partial charge in [0, 0.05) is 12.0 Å². The number of ether oxygens (including phenoxy) is 3. The summed E-state index contributed by atoms with van der Waals surface area (Å²) >= 11 is 1.19. The molecule has 2 unspecified atom stereocenters. The Balaban J connectivity index is 1.52. The van der Waals surface area contributed by atoms with Gasteiger partial charge in [-0.15, -0.1) is 4.37 Å². The lowest BCUT2D eigenvalue weighted by molar-refractivity contribution is -0.953. The van der Waals surface area contributed by atoms with Gasteiger partial charge in [-0.1, -0.05) is 115 Å². The second-order valence-electron chi connectivity index (χ2n) is 11.9. The number of quaternary nitrogens is 1. The first-order valence-corrected chi connectivity index (χ1v) is 17.2. The Bertz CT molecular complexity index is 1040. The van der Waals surface area contributed by atoms with Crippen LogP contribution in [-0.4, -0.2) is 52.7 Å². The van der Waals surface area contributed by atoms with E-state index in [0.717, 1.165) is 55.5 Å². The first-order valence-electron chi connectivity index (χ1n) is 16.4. The molecule has 0 aliphatic carbocycles. The molecule has 2 aromatic rings. The van der Waals surface area contributed by atoms with Crippen LogP contribution in [0.25, 0.3) is 5.57 Å². The molecular weight excluding hydrogens is 546 g/mol. The fraction of sp³-hybridized carbons (Fsp3) is 0.676. The summed E-state index contributed by atoms with van der Waals surface area (Å²) in [6.07, 6.45) is 19.0. The zero-order valence-corrected chi connectivity index (χ0v) is 27.2. The molecule has 0 spiro atoms. The largest absolute Gasteiger partial charge is 0.513 e. The number of unbranched alkanes of at least 4 members (excludes halogenated alkanes) is 12. The van der Waals surface area contributed by atoms with E-state index in [9.17, 15) is 4.79 Å². The van der Waals surface area contributed by atoms with Crippen molar-refractivity contribution in [1.82, 2.24) is 8.75 Å². The third-order valence-electron chi connectivity index (χ3n) is 8.14. The van der Waals surface area contributed by atoms with Crippen molar-refractivity contribution in [2.24, 2.45) is 0 Å². The van der Waals surface area contributed by atoms with Crippen LogP contribution in [0.5, 0.6) is 5.88 Å². The SMILES string of the molecule is CCCCCCCCCCCCOC(=O)OC(c1ccccc1)[N+]1(C)CCC=C(c2nsnc2OCCCCCC)C1. The van der Waals surface area contributed by atoms with Crippen LogP contribution >= 0.6 is 11.7 Å². The number of nitrogens with zero attached hydrogens (tertiary/aromatic N) is 3. The molecule has 2 atom stereocenters. The number of likely N-dealkylation sites (N-methyl/N-ethyl adjacent to an activating group) is 1. The zero-order chi connectivity index (χ0) is 29.9. The molecule has 2 heterocycles. The van der Waals surface area contributed by atoms with Crippen LogP contribution < -0.4 is 4.74 Å². The van der Waals surface area contributed by atoms with Gasteiger partial charge in [0.05, 0.1) is 44.1 Å². The molecule has 7 nitrogen and oxygen atoms in total. The van der Waals surface area contributed by atoms with Gasteiger partial charge in [0.1, 0.15) is 12.2 Å². The van der Waals surface area contributed by atoms with E-state index in [-0.39, 0.29) is 0 Å². The Morgan fingerprint density at radius 2 is 1.48 bits per heavy atom.